The molecular weight excluding hydrogens is 318 g/mol. The molecule has 0 radical (unpaired) electrons. The predicted molar refractivity (Wildman–Crippen MR) is 94.7 cm³/mol. The molecule has 3 atom stereocenters. The fourth-order valence-electron chi connectivity index (χ4n) is 3.10. The molecule has 2 amide bonds. The lowest BCUT2D eigenvalue weighted by Gasteiger charge is -2.34. The van der Waals surface area contributed by atoms with Gasteiger partial charge in [-0.05, 0) is 42.5 Å². The van der Waals surface area contributed by atoms with Crippen LogP contribution in [0.5, 0.6) is 0 Å². The minimum Gasteiger partial charge on any atom is -0.362 e. The van der Waals surface area contributed by atoms with Crippen LogP contribution in [-0.4, -0.2) is 31.1 Å². The zero-order chi connectivity index (χ0) is 18.2. The van der Waals surface area contributed by atoms with Gasteiger partial charge in [0.15, 0.2) is 0 Å². The second-order valence-corrected chi connectivity index (χ2v) is 6.67. The van der Waals surface area contributed by atoms with E-state index in [-0.39, 0.29) is 31.1 Å². The van der Waals surface area contributed by atoms with E-state index in [1.54, 1.807) is 24.3 Å². The molecule has 134 valence electrons. The van der Waals surface area contributed by atoms with Crippen molar-refractivity contribution in [3.05, 3.63) is 29.8 Å². The van der Waals surface area contributed by atoms with Crippen LogP contribution in [0.1, 0.15) is 38.7 Å². The van der Waals surface area contributed by atoms with Crippen molar-refractivity contribution in [3.8, 4) is 6.07 Å². The van der Waals surface area contributed by atoms with Gasteiger partial charge in [0.2, 0.25) is 11.8 Å². The highest BCUT2D eigenvalue weighted by atomic mass is 16.5. The van der Waals surface area contributed by atoms with Crippen LogP contribution in [0, 0.1) is 23.2 Å². The van der Waals surface area contributed by atoms with E-state index in [1.807, 2.05) is 6.07 Å². The summed E-state index contributed by atoms with van der Waals surface area (Å²) in [6, 6.07) is 8.74. The van der Waals surface area contributed by atoms with Gasteiger partial charge in [0.1, 0.15) is 13.2 Å². The van der Waals surface area contributed by atoms with Crippen molar-refractivity contribution in [2.45, 2.75) is 39.2 Å². The summed E-state index contributed by atoms with van der Waals surface area (Å²) in [5.74, 6) is 0.546. The van der Waals surface area contributed by atoms with E-state index < -0.39 is 0 Å². The third-order valence-corrected chi connectivity index (χ3v) is 4.82. The number of hydrogen-bond donors (Lipinski definition) is 2. The molecule has 2 rings (SSSR count). The molecule has 0 heterocycles. The van der Waals surface area contributed by atoms with Crippen molar-refractivity contribution in [2.75, 3.05) is 18.5 Å². The molecule has 6 heteroatoms. The van der Waals surface area contributed by atoms with Gasteiger partial charge >= 0.3 is 0 Å². The summed E-state index contributed by atoms with van der Waals surface area (Å²) in [5.41, 5.74) is 1.11. The molecule has 1 aliphatic carbocycles. The molecular formula is C19H25N3O3. The summed E-state index contributed by atoms with van der Waals surface area (Å²) < 4.78 is 5.20. The van der Waals surface area contributed by atoms with E-state index in [1.165, 1.54) is 6.42 Å². The Hall–Kier alpha value is -2.39. The molecule has 0 bridgehead atoms. The lowest BCUT2D eigenvalue weighted by atomic mass is 9.78. The van der Waals surface area contributed by atoms with Gasteiger partial charge < -0.3 is 15.4 Å². The van der Waals surface area contributed by atoms with Crippen LogP contribution < -0.4 is 10.6 Å². The van der Waals surface area contributed by atoms with Crippen molar-refractivity contribution < 1.29 is 14.3 Å². The maximum atomic E-state index is 12.0. The molecule has 0 unspecified atom stereocenters. The molecule has 1 aromatic rings. The van der Waals surface area contributed by atoms with Crippen LogP contribution in [0.25, 0.3) is 0 Å². The third-order valence-electron chi connectivity index (χ3n) is 4.82. The van der Waals surface area contributed by atoms with Gasteiger partial charge in [0.25, 0.3) is 0 Å². The molecule has 0 saturated heterocycles. The van der Waals surface area contributed by atoms with Crippen LogP contribution in [0.4, 0.5) is 5.69 Å². The fourth-order valence-corrected chi connectivity index (χ4v) is 3.10. The van der Waals surface area contributed by atoms with E-state index in [4.69, 9.17) is 10.00 Å². The summed E-state index contributed by atoms with van der Waals surface area (Å²) in [6.45, 7) is 4.07. The zero-order valence-corrected chi connectivity index (χ0v) is 14.7. The Morgan fingerprint density at radius 1 is 1.16 bits per heavy atom. The first-order chi connectivity index (χ1) is 12.0. The van der Waals surface area contributed by atoms with Crippen LogP contribution in [-0.2, 0) is 14.3 Å². The lowest BCUT2D eigenvalue weighted by molar-refractivity contribution is -0.129. The fraction of sp³-hybridized carbons (Fsp3) is 0.526. The van der Waals surface area contributed by atoms with Crippen LogP contribution >= 0.6 is 0 Å². The smallest absolute Gasteiger partial charge is 0.250 e. The Morgan fingerprint density at radius 2 is 1.84 bits per heavy atom. The van der Waals surface area contributed by atoms with E-state index in [9.17, 15) is 9.59 Å². The SMILES string of the molecule is C[C@H]1[C@H](C)CCC[C@H]1NC(=O)COCC(=O)Nc1ccc(C#N)cc1. The molecule has 1 fully saturated rings. The third kappa shape index (κ3) is 5.87. The van der Waals surface area contributed by atoms with Crippen LogP contribution in [0.3, 0.4) is 0 Å². The molecule has 2 N–H and O–H groups in total. The van der Waals surface area contributed by atoms with Gasteiger partial charge in [-0.2, -0.15) is 5.26 Å². The average Bonchev–Trinajstić information content (AvgIpc) is 2.59. The number of nitriles is 1. The Labute approximate surface area is 148 Å². The van der Waals surface area contributed by atoms with Crippen molar-refractivity contribution in [1.82, 2.24) is 5.32 Å². The van der Waals surface area contributed by atoms with Crippen LogP contribution in [0.2, 0.25) is 0 Å². The number of benzene rings is 1. The number of hydrogen-bond acceptors (Lipinski definition) is 4. The highest BCUT2D eigenvalue weighted by molar-refractivity contribution is 5.91. The largest absolute Gasteiger partial charge is 0.362 e. The van der Waals surface area contributed by atoms with Gasteiger partial charge in [0.05, 0.1) is 11.6 Å². The molecule has 0 aromatic heterocycles. The summed E-state index contributed by atoms with van der Waals surface area (Å²) in [5, 5.41) is 14.4. The number of nitrogens with one attached hydrogen (secondary N) is 2. The number of nitrogens with zero attached hydrogens (tertiary/aromatic N) is 1. The van der Waals surface area contributed by atoms with Crippen molar-refractivity contribution in [1.29, 1.82) is 5.26 Å². The summed E-state index contributed by atoms with van der Waals surface area (Å²) in [6.07, 6.45) is 3.33. The number of amides is 2. The Kier molecular flexibility index (Phi) is 6.96. The first-order valence-electron chi connectivity index (χ1n) is 8.66. The maximum Gasteiger partial charge on any atom is 0.250 e. The number of anilines is 1. The van der Waals surface area contributed by atoms with Crippen molar-refractivity contribution in [3.63, 3.8) is 0 Å². The number of carbonyl (C=O) groups is 2. The highest BCUT2D eigenvalue weighted by Gasteiger charge is 2.28. The van der Waals surface area contributed by atoms with Gasteiger partial charge in [-0.25, -0.2) is 0 Å². The van der Waals surface area contributed by atoms with Gasteiger partial charge in [-0.1, -0.05) is 26.7 Å². The topological polar surface area (TPSA) is 91.2 Å². The molecule has 1 aliphatic rings. The van der Waals surface area contributed by atoms with E-state index in [2.05, 4.69) is 24.5 Å². The predicted octanol–water partition coefficient (Wildman–Crippen LogP) is 2.45. The van der Waals surface area contributed by atoms with E-state index >= 15 is 0 Å². The minimum absolute atomic E-state index is 0.127. The van der Waals surface area contributed by atoms with Crippen molar-refractivity contribution in [2.24, 2.45) is 11.8 Å². The molecule has 1 aromatic carbocycles. The minimum atomic E-state index is -0.336. The van der Waals surface area contributed by atoms with Gasteiger partial charge in [-0.15, -0.1) is 0 Å². The number of carbonyl (C=O) groups excluding carboxylic acids is 2. The van der Waals surface area contributed by atoms with Gasteiger partial charge in [0, 0.05) is 11.7 Å². The molecule has 1 saturated carbocycles. The van der Waals surface area contributed by atoms with Gasteiger partial charge in [-0.3, -0.25) is 9.59 Å². The Morgan fingerprint density at radius 3 is 2.52 bits per heavy atom. The van der Waals surface area contributed by atoms with Crippen LogP contribution in [0.15, 0.2) is 24.3 Å². The molecule has 25 heavy (non-hydrogen) atoms. The molecule has 0 spiro atoms. The Bertz CT molecular complexity index is 636. The summed E-state index contributed by atoms with van der Waals surface area (Å²) in [7, 11) is 0. The normalized spacial score (nSPS) is 22.7. The highest BCUT2D eigenvalue weighted by Crippen LogP contribution is 2.29. The lowest BCUT2D eigenvalue weighted by Crippen LogP contribution is -2.45. The van der Waals surface area contributed by atoms with Crippen molar-refractivity contribution >= 4 is 17.5 Å². The summed E-state index contributed by atoms with van der Waals surface area (Å²) in [4.78, 5) is 23.8. The number of rotatable bonds is 6. The molecule has 0 aliphatic heterocycles. The average molecular weight is 343 g/mol. The first-order valence-corrected chi connectivity index (χ1v) is 8.66. The second kappa shape index (κ2) is 9.19. The second-order valence-electron chi connectivity index (χ2n) is 6.67. The standard InChI is InChI=1S/C19H25N3O3/c1-13-4-3-5-17(14(13)2)22-19(24)12-25-11-18(23)21-16-8-6-15(10-20)7-9-16/h6-9,13-14,17H,3-5,11-12H2,1-2H3,(H,21,23)(H,22,24)/t13-,14+,17-/m1/s1. The maximum absolute atomic E-state index is 12.0. The quantitative estimate of drug-likeness (QED) is 0.830. The monoisotopic (exact) mass is 343 g/mol. The number of ether oxygens (including phenoxy) is 1. The summed E-state index contributed by atoms with van der Waals surface area (Å²) >= 11 is 0. The first kappa shape index (κ1) is 18.9. The van der Waals surface area contributed by atoms with E-state index in [0.29, 0.717) is 23.1 Å². The van der Waals surface area contributed by atoms with E-state index in [0.717, 1.165) is 12.8 Å². The molecule has 6 nitrogen and oxygen atoms in total. The Balaban J connectivity index is 1.68. The zero-order valence-electron chi connectivity index (χ0n) is 14.7.